The monoisotopic (exact) mass is 256 g/mol. The molecule has 0 heterocycles. The van der Waals surface area contributed by atoms with Crippen molar-refractivity contribution < 1.29 is 38.9 Å². The molecule has 1 rings (SSSR count). The Morgan fingerprint density at radius 3 is 1.67 bits per heavy atom. The van der Waals surface area contributed by atoms with E-state index in [0.717, 1.165) is 11.8 Å². The maximum absolute atomic E-state index is 10.0. The van der Waals surface area contributed by atoms with Gasteiger partial charge in [0.15, 0.2) is 0 Å². The minimum Gasteiger partial charge on any atom is -0.449 e. The van der Waals surface area contributed by atoms with E-state index in [9.17, 15) is 19.2 Å². The quantitative estimate of drug-likeness (QED) is 0.443. The minimum absolute atomic E-state index is 0.729. The average Bonchev–Trinajstić information content (AvgIpc) is 2.28. The molecule has 0 bridgehead atoms. The molecule has 96 valence electrons. The second kappa shape index (κ2) is 8.28. The Morgan fingerprint density at radius 2 is 1.39 bits per heavy atom. The highest BCUT2D eigenvalue weighted by Gasteiger charge is 2.13. The molecular weight excluding hydrogens is 248 g/mol. The largest absolute Gasteiger partial charge is 0.528 e. The molecule has 1 aromatic carbocycles. The smallest absolute Gasteiger partial charge is 0.449 e. The Bertz CT molecular complexity index is 407. The van der Waals surface area contributed by atoms with Crippen LogP contribution < -0.4 is 0 Å². The van der Waals surface area contributed by atoms with Gasteiger partial charge in [0.25, 0.3) is 0 Å². The molecule has 1 aromatic rings. The summed E-state index contributed by atoms with van der Waals surface area (Å²) in [4.78, 5) is 38.8. The summed E-state index contributed by atoms with van der Waals surface area (Å²) in [7, 11) is 0. The number of benzene rings is 1. The molecule has 0 saturated heterocycles. The van der Waals surface area contributed by atoms with Crippen molar-refractivity contribution in [2.75, 3.05) is 0 Å². The zero-order valence-corrected chi connectivity index (χ0v) is 8.81. The zero-order chi connectivity index (χ0) is 14.0. The standard InChI is InChI=1S/C7H6O.C3H2O7/c8-6-7-4-2-1-3-5-7;4-1(5)9-3(8)10-2(6)7/h1-6H;(H,4,5)(H,6,7). The lowest BCUT2D eigenvalue weighted by Crippen LogP contribution is -2.14. The molecule has 0 amide bonds. The molecular formula is C10H8O8. The first-order valence-corrected chi connectivity index (χ1v) is 4.31. The van der Waals surface area contributed by atoms with Crippen molar-refractivity contribution in [3.63, 3.8) is 0 Å². The molecule has 0 unspecified atom stereocenters. The topological polar surface area (TPSA) is 127 Å². The third-order valence-electron chi connectivity index (χ3n) is 1.28. The van der Waals surface area contributed by atoms with E-state index < -0.39 is 18.5 Å². The fourth-order valence-corrected chi connectivity index (χ4v) is 0.695. The Morgan fingerprint density at radius 1 is 0.944 bits per heavy atom. The summed E-state index contributed by atoms with van der Waals surface area (Å²) in [6.07, 6.45) is -4.81. The first-order valence-electron chi connectivity index (χ1n) is 4.31. The van der Waals surface area contributed by atoms with Crippen LogP contribution in [0.2, 0.25) is 0 Å². The van der Waals surface area contributed by atoms with Crippen molar-refractivity contribution in [1.82, 2.24) is 0 Å². The van der Waals surface area contributed by atoms with E-state index >= 15 is 0 Å². The number of carbonyl (C=O) groups excluding carboxylic acids is 2. The Kier molecular flexibility index (Phi) is 6.94. The van der Waals surface area contributed by atoms with Gasteiger partial charge in [0.2, 0.25) is 0 Å². The zero-order valence-electron chi connectivity index (χ0n) is 8.81. The van der Waals surface area contributed by atoms with Gasteiger partial charge >= 0.3 is 18.5 Å². The second-order valence-corrected chi connectivity index (χ2v) is 2.51. The van der Waals surface area contributed by atoms with Crippen molar-refractivity contribution in [2.45, 2.75) is 0 Å². The first-order chi connectivity index (χ1) is 8.45. The van der Waals surface area contributed by atoms with Gasteiger partial charge in [-0.1, -0.05) is 30.3 Å². The van der Waals surface area contributed by atoms with Gasteiger partial charge in [0.05, 0.1) is 0 Å². The van der Waals surface area contributed by atoms with Gasteiger partial charge < -0.3 is 19.7 Å². The lowest BCUT2D eigenvalue weighted by atomic mass is 10.2. The highest BCUT2D eigenvalue weighted by atomic mass is 16.8. The number of hydrogen-bond acceptors (Lipinski definition) is 6. The van der Waals surface area contributed by atoms with Crippen LogP contribution in [0.5, 0.6) is 0 Å². The number of ether oxygens (including phenoxy) is 2. The van der Waals surface area contributed by atoms with Crippen LogP contribution in [-0.2, 0) is 9.47 Å². The van der Waals surface area contributed by atoms with Crippen LogP contribution in [0.1, 0.15) is 10.4 Å². The second-order valence-electron chi connectivity index (χ2n) is 2.51. The van der Waals surface area contributed by atoms with Crippen molar-refractivity contribution in [2.24, 2.45) is 0 Å². The van der Waals surface area contributed by atoms with E-state index in [-0.39, 0.29) is 0 Å². The summed E-state index contributed by atoms with van der Waals surface area (Å²) in [6, 6.07) is 9.10. The Balaban J connectivity index is 0.000000327. The number of hydrogen-bond donors (Lipinski definition) is 2. The highest BCUT2D eigenvalue weighted by molar-refractivity contribution is 5.82. The van der Waals surface area contributed by atoms with Crippen LogP contribution in [-0.4, -0.2) is 35.0 Å². The first kappa shape index (κ1) is 15.1. The van der Waals surface area contributed by atoms with E-state index in [1.165, 1.54) is 0 Å². The molecule has 2 N–H and O–H groups in total. The van der Waals surface area contributed by atoms with Gasteiger partial charge in [-0.05, 0) is 0 Å². The Hall–Kier alpha value is -2.90. The summed E-state index contributed by atoms with van der Waals surface area (Å²) in [6.45, 7) is 0. The summed E-state index contributed by atoms with van der Waals surface area (Å²) >= 11 is 0. The van der Waals surface area contributed by atoms with Crippen LogP contribution in [0.15, 0.2) is 30.3 Å². The molecule has 0 aliphatic rings. The maximum Gasteiger partial charge on any atom is 0.528 e. The molecule has 0 fully saturated rings. The molecule has 0 aliphatic heterocycles. The van der Waals surface area contributed by atoms with Gasteiger partial charge in [-0.3, -0.25) is 4.79 Å². The molecule has 0 spiro atoms. The van der Waals surface area contributed by atoms with Crippen molar-refractivity contribution in [3.05, 3.63) is 35.9 Å². The van der Waals surface area contributed by atoms with Crippen LogP contribution in [0.4, 0.5) is 14.4 Å². The maximum atomic E-state index is 10.0. The lowest BCUT2D eigenvalue weighted by molar-refractivity contribution is 0.0548. The average molecular weight is 256 g/mol. The summed E-state index contributed by atoms with van der Waals surface area (Å²) in [5.41, 5.74) is 0.729. The molecule has 0 radical (unpaired) electrons. The van der Waals surface area contributed by atoms with Crippen molar-refractivity contribution >= 4 is 24.8 Å². The summed E-state index contributed by atoms with van der Waals surface area (Å²) in [5.74, 6) is 0. The van der Waals surface area contributed by atoms with Gasteiger partial charge in [-0.25, -0.2) is 14.4 Å². The number of aldehydes is 1. The third-order valence-corrected chi connectivity index (χ3v) is 1.28. The van der Waals surface area contributed by atoms with E-state index in [0.29, 0.717) is 0 Å². The minimum atomic E-state index is -1.92. The molecule has 0 aromatic heterocycles. The predicted molar refractivity (Wildman–Crippen MR) is 55.4 cm³/mol. The molecule has 0 aliphatic carbocycles. The van der Waals surface area contributed by atoms with E-state index in [2.05, 4.69) is 9.47 Å². The normalized spacial score (nSPS) is 8.22. The van der Waals surface area contributed by atoms with E-state index in [1.807, 2.05) is 18.2 Å². The van der Waals surface area contributed by atoms with Crippen molar-refractivity contribution in [3.8, 4) is 0 Å². The number of rotatable bonds is 1. The van der Waals surface area contributed by atoms with Crippen LogP contribution in [0, 0.1) is 0 Å². The summed E-state index contributed by atoms with van der Waals surface area (Å²) < 4.78 is 6.47. The van der Waals surface area contributed by atoms with Crippen LogP contribution >= 0.6 is 0 Å². The highest BCUT2D eigenvalue weighted by Crippen LogP contribution is 1.91. The van der Waals surface area contributed by atoms with E-state index in [1.54, 1.807) is 12.1 Å². The van der Waals surface area contributed by atoms with Crippen molar-refractivity contribution in [1.29, 1.82) is 0 Å². The van der Waals surface area contributed by atoms with Gasteiger partial charge in [-0.15, -0.1) is 0 Å². The van der Waals surface area contributed by atoms with Crippen LogP contribution in [0.3, 0.4) is 0 Å². The van der Waals surface area contributed by atoms with Crippen LogP contribution in [0.25, 0.3) is 0 Å². The van der Waals surface area contributed by atoms with Gasteiger partial charge in [0, 0.05) is 5.56 Å². The van der Waals surface area contributed by atoms with Gasteiger partial charge in [-0.2, -0.15) is 0 Å². The number of carbonyl (C=O) groups is 4. The SMILES string of the molecule is O=C(O)OC(=O)OC(=O)O.O=Cc1ccccc1. The fraction of sp³-hybridized carbons (Fsp3) is 0. The molecule has 0 saturated carbocycles. The third kappa shape index (κ3) is 8.41. The summed E-state index contributed by atoms with van der Waals surface area (Å²) in [5, 5.41) is 15.4. The lowest BCUT2D eigenvalue weighted by Gasteiger charge is -1.93. The number of carboxylic acid groups (broad SMARTS) is 2. The molecule has 0 atom stereocenters. The Labute approximate surface area is 100 Å². The fourth-order valence-electron chi connectivity index (χ4n) is 0.695. The molecule has 8 nitrogen and oxygen atoms in total. The predicted octanol–water partition coefficient (Wildman–Crippen LogP) is 1.99. The van der Waals surface area contributed by atoms with E-state index in [4.69, 9.17) is 10.2 Å². The van der Waals surface area contributed by atoms with Gasteiger partial charge in [0.1, 0.15) is 6.29 Å². The molecule has 18 heavy (non-hydrogen) atoms. The molecule has 8 heteroatoms.